The van der Waals surface area contributed by atoms with Gasteiger partial charge in [0.1, 0.15) is 0 Å². The van der Waals surface area contributed by atoms with Crippen LogP contribution in [0.15, 0.2) is 18.2 Å². The van der Waals surface area contributed by atoms with Gasteiger partial charge in [0.25, 0.3) is 0 Å². The van der Waals surface area contributed by atoms with Crippen molar-refractivity contribution in [2.24, 2.45) is 5.73 Å². The molecule has 1 aromatic rings. The van der Waals surface area contributed by atoms with Crippen molar-refractivity contribution in [1.29, 1.82) is 0 Å². The maximum absolute atomic E-state index is 13.2. The molecule has 2 rings (SSSR count). The Kier molecular flexibility index (Phi) is 4.30. The molecule has 100 valence electrons. The molecule has 4 heteroatoms. The number of halogens is 2. The third-order valence-electron chi connectivity index (χ3n) is 3.82. The van der Waals surface area contributed by atoms with E-state index in [4.69, 9.17) is 5.73 Å². The second kappa shape index (κ2) is 5.76. The third-order valence-corrected chi connectivity index (χ3v) is 3.82. The molecule has 0 aromatic heterocycles. The molecular formula is C14H20F2N2. The van der Waals surface area contributed by atoms with Gasteiger partial charge in [-0.1, -0.05) is 12.5 Å². The van der Waals surface area contributed by atoms with Crippen LogP contribution in [-0.2, 0) is 6.54 Å². The van der Waals surface area contributed by atoms with Crippen molar-refractivity contribution in [3.63, 3.8) is 0 Å². The van der Waals surface area contributed by atoms with Crippen LogP contribution in [0.3, 0.4) is 0 Å². The molecule has 0 amide bonds. The van der Waals surface area contributed by atoms with Crippen LogP contribution in [0.5, 0.6) is 0 Å². The quantitative estimate of drug-likeness (QED) is 0.898. The monoisotopic (exact) mass is 254 g/mol. The Balaban J connectivity index is 2.12. The zero-order chi connectivity index (χ0) is 13.1. The van der Waals surface area contributed by atoms with Gasteiger partial charge >= 0.3 is 0 Å². The average Bonchev–Trinajstić information content (AvgIpc) is 2.36. The van der Waals surface area contributed by atoms with Crippen molar-refractivity contribution < 1.29 is 8.78 Å². The van der Waals surface area contributed by atoms with E-state index in [1.165, 1.54) is 18.6 Å². The predicted molar refractivity (Wildman–Crippen MR) is 68.1 cm³/mol. The minimum atomic E-state index is -0.791. The zero-order valence-electron chi connectivity index (χ0n) is 10.7. The minimum Gasteiger partial charge on any atom is -0.329 e. The van der Waals surface area contributed by atoms with Crippen LogP contribution in [0.1, 0.15) is 31.7 Å². The summed E-state index contributed by atoms with van der Waals surface area (Å²) in [6, 6.07) is 4.91. The van der Waals surface area contributed by atoms with E-state index in [1.807, 2.05) is 0 Å². The van der Waals surface area contributed by atoms with Gasteiger partial charge in [-0.2, -0.15) is 0 Å². The molecule has 1 aliphatic heterocycles. The molecule has 0 spiro atoms. The summed E-state index contributed by atoms with van der Waals surface area (Å²) in [6.45, 7) is 3.43. The van der Waals surface area contributed by atoms with Gasteiger partial charge in [0, 0.05) is 25.2 Å². The second-order valence-corrected chi connectivity index (χ2v) is 5.09. The summed E-state index contributed by atoms with van der Waals surface area (Å²) >= 11 is 0. The first-order chi connectivity index (χ1) is 8.61. The normalized spacial score (nSPS) is 25.3. The summed E-state index contributed by atoms with van der Waals surface area (Å²) < 4.78 is 26.1. The minimum absolute atomic E-state index is 0.349. The Labute approximate surface area is 107 Å². The van der Waals surface area contributed by atoms with Crippen LogP contribution in [0, 0.1) is 11.6 Å². The Morgan fingerprint density at radius 3 is 2.72 bits per heavy atom. The summed E-state index contributed by atoms with van der Waals surface area (Å²) in [4.78, 5) is 2.30. The highest BCUT2D eigenvalue weighted by molar-refractivity contribution is 5.18. The fourth-order valence-corrected chi connectivity index (χ4v) is 2.73. The Bertz CT molecular complexity index is 409. The number of hydrogen-bond donors (Lipinski definition) is 1. The Morgan fingerprint density at radius 1 is 1.28 bits per heavy atom. The van der Waals surface area contributed by atoms with E-state index in [1.54, 1.807) is 6.07 Å². The van der Waals surface area contributed by atoms with Crippen molar-refractivity contribution in [2.75, 3.05) is 6.54 Å². The van der Waals surface area contributed by atoms with E-state index < -0.39 is 11.6 Å². The smallest absolute Gasteiger partial charge is 0.159 e. The van der Waals surface area contributed by atoms with Crippen LogP contribution < -0.4 is 5.73 Å². The van der Waals surface area contributed by atoms with Gasteiger partial charge in [-0.05, 0) is 37.5 Å². The number of likely N-dealkylation sites (tertiary alicyclic amines) is 1. The summed E-state index contributed by atoms with van der Waals surface area (Å²) in [5.74, 6) is -1.57. The first-order valence-corrected chi connectivity index (χ1v) is 6.51. The fourth-order valence-electron chi connectivity index (χ4n) is 2.73. The molecule has 0 bridgehead atoms. The summed E-state index contributed by atoms with van der Waals surface area (Å²) in [5, 5.41) is 0. The van der Waals surface area contributed by atoms with Gasteiger partial charge in [0.15, 0.2) is 11.6 Å². The number of hydrogen-bond acceptors (Lipinski definition) is 2. The van der Waals surface area contributed by atoms with Gasteiger partial charge in [-0.25, -0.2) is 8.78 Å². The van der Waals surface area contributed by atoms with Crippen molar-refractivity contribution in [2.45, 2.75) is 44.8 Å². The Morgan fingerprint density at radius 2 is 2.06 bits per heavy atom. The fraction of sp³-hybridized carbons (Fsp3) is 0.571. The van der Waals surface area contributed by atoms with Crippen LogP contribution in [-0.4, -0.2) is 23.5 Å². The van der Waals surface area contributed by atoms with Crippen LogP contribution in [0.25, 0.3) is 0 Å². The molecule has 2 N–H and O–H groups in total. The number of benzene rings is 1. The highest BCUT2D eigenvalue weighted by Crippen LogP contribution is 2.24. The number of rotatable bonds is 3. The van der Waals surface area contributed by atoms with Crippen molar-refractivity contribution in [1.82, 2.24) is 4.90 Å². The molecule has 1 heterocycles. The molecule has 2 atom stereocenters. The van der Waals surface area contributed by atoms with E-state index in [2.05, 4.69) is 11.8 Å². The van der Waals surface area contributed by atoms with Gasteiger partial charge < -0.3 is 5.73 Å². The van der Waals surface area contributed by atoms with Gasteiger partial charge in [0.05, 0.1) is 0 Å². The second-order valence-electron chi connectivity index (χ2n) is 5.09. The molecule has 18 heavy (non-hydrogen) atoms. The lowest BCUT2D eigenvalue weighted by Crippen LogP contribution is -2.48. The highest BCUT2D eigenvalue weighted by Gasteiger charge is 2.26. The molecule has 2 nitrogen and oxygen atoms in total. The average molecular weight is 254 g/mol. The topological polar surface area (TPSA) is 29.3 Å². The lowest BCUT2D eigenvalue weighted by atomic mass is 9.95. The first kappa shape index (κ1) is 13.4. The number of piperidine rings is 1. The lowest BCUT2D eigenvalue weighted by Gasteiger charge is -2.40. The number of nitrogens with zero attached hydrogens (tertiary/aromatic N) is 1. The van der Waals surface area contributed by atoms with Gasteiger partial charge in [-0.15, -0.1) is 0 Å². The maximum Gasteiger partial charge on any atom is 0.159 e. The zero-order valence-corrected chi connectivity index (χ0v) is 10.7. The molecule has 0 saturated carbocycles. The van der Waals surface area contributed by atoms with Crippen LogP contribution >= 0.6 is 0 Å². The Hall–Kier alpha value is -1.00. The van der Waals surface area contributed by atoms with Gasteiger partial charge in [-0.3, -0.25) is 4.90 Å². The van der Waals surface area contributed by atoms with Crippen molar-refractivity contribution in [3.05, 3.63) is 35.4 Å². The molecule has 0 radical (unpaired) electrons. The summed E-state index contributed by atoms with van der Waals surface area (Å²) in [5.41, 5.74) is 6.59. The summed E-state index contributed by atoms with van der Waals surface area (Å²) in [6.07, 6.45) is 3.42. The van der Waals surface area contributed by atoms with Crippen molar-refractivity contribution in [3.8, 4) is 0 Å². The van der Waals surface area contributed by atoms with E-state index in [-0.39, 0.29) is 0 Å². The van der Waals surface area contributed by atoms with E-state index >= 15 is 0 Å². The molecule has 1 saturated heterocycles. The SMILES string of the molecule is CC1CCCC(CN)N1Cc1ccc(F)c(F)c1. The van der Waals surface area contributed by atoms with E-state index in [0.29, 0.717) is 25.2 Å². The molecule has 2 unspecified atom stereocenters. The molecule has 1 fully saturated rings. The largest absolute Gasteiger partial charge is 0.329 e. The first-order valence-electron chi connectivity index (χ1n) is 6.51. The van der Waals surface area contributed by atoms with Gasteiger partial charge in [0.2, 0.25) is 0 Å². The molecule has 0 aliphatic carbocycles. The highest BCUT2D eigenvalue weighted by atomic mass is 19.2. The third kappa shape index (κ3) is 2.87. The molecular weight excluding hydrogens is 234 g/mol. The number of nitrogens with two attached hydrogens (primary N) is 1. The van der Waals surface area contributed by atoms with Crippen LogP contribution in [0.4, 0.5) is 8.78 Å². The van der Waals surface area contributed by atoms with Crippen LogP contribution in [0.2, 0.25) is 0 Å². The lowest BCUT2D eigenvalue weighted by molar-refractivity contribution is 0.0891. The maximum atomic E-state index is 13.2. The summed E-state index contributed by atoms with van der Waals surface area (Å²) in [7, 11) is 0. The predicted octanol–water partition coefficient (Wildman–Crippen LogP) is 2.67. The van der Waals surface area contributed by atoms with E-state index in [0.717, 1.165) is 18.4 Å². The molecule has 1 aromatic carbocycles. The molecule has 1 aliphatic rings. The van der Waals surface area contributed by atoms with E-state index in [9.17, 15) is 8.78 Å². The standard InChI is InChI=1S/C14H20F2N2/c1-10-3-2-4-12(8-17)18(10)9-11-5-6-13(15)14(16)7-11/h5-7,10,12H,2-4,8-9,17H2,1H3. The van der Waals surface area contributed by atoms with Crippen molar-refractivity contribution >= 4 is 0 Å².